The molecule has 7 heteroatoms. The van der Waals surface area contributed by atoms with Crippen LogP contribution in [-0.2, 0) is 0 Å². The van der Waals surface area contributed by atoms with Crippen LogP contribution in [0.2, 0.25) is 0 Å². The monoisotopic (exact) mass is 279 g/mol. The summed E-state index contributed by atoms with van der Waals surface area (Å²) in [6.07, 6.45) is 0. The van der Waals surface area contributed by atoms with Gasteiger partial charge >= 0.3 is 0 Å². The lowest BCUT2D eigenvalue weighted by Crippen LogP contribution is -2.05. The van der Waals surface area contributed by atoms with Crippen LogP contribution in [0.3, 0.4) is 0 Å². The first-order valence-electron chi connectivity index (χ1n) is 6.26. The van der Waals surface area contributed by atoms with E-state index in [9.17, 15) is 0 Å². The topological polar surface area (TPSA) is 123 Å². The minimum absolute atomic E-state index is 0.144. The highest BCUT2D eigenvalue weighted by atomic mass is 15.1. The molecule has 2 aromatic rings. The molecule has 1 aromatic carbocycles. The van der Waals surface area contributed by atoms with Crippen LogP contribution in [0.5, 0.6) is 0 Å². The number of hydrogen-bond acceptors (Lipinski definition) is 7. The lowest BCUT2D eigenvalue weighted by molar-refractivity contribution is 1.12. The highest BCUT2D eigenvalue weighted by Crippen LogP contribution is 2.20. The minimum atomic E-state index is 0.144. The van der Waals surface area contributed by atoms with Gasteiger partial charge in [-0.3, -0.25) is 0 Å². The van der Waals surface area contributed by atoms with Gasteiger partial charge in [-0.05, 0) is 25.1 Å². The van der Waals surface area contributed by atoms with Gasteiger partial charge in [0.15, 0.2) is 0 Å². The molecule has 0 aliphatic rings. The summed E-state index contributed by atoms with van der Waals surface area (Å²) in [7, 11) is 0. The number of benzene rings is 1. The molecule has 0 unspecified atom stereocenters. The molecule has 0 atom stereocenters. The van der Waals surface area contributed by atoms with E-state index in [0.717, 1.165) is 0 Å². The summed E-state index contributed by atoms with van der Waals surface area (Å²) in [6.45, 7) is 2.66. The van der Waals surface area contributed by atoms with Crippen LogP contribution >= 0.6 is 0 Å². The predicted molar refractivity (Wildman–Crippen MR) is 79.8 cm³/mol. The van der Waals surface area contributed by atoms with Gasteiger partial charge in [-0.25, -0.2) is 0 Å². The number of nitrogen functional groups attached to an aromatic ring is 1. The molecule has 2 rings (SSSR count). The molecular formula is C14H13N7. The van der Waals surface area contributed by atoms with Crippen LogP contribution in [0.25, 0.3) is 0 Å². The zero-order valence-corrected chi connectivity index (χ0v) is 11.4. The summed E-state index contributed by atoms with van der Waals surface area (Å²) in [4.78, 5) is 8.12. The molecule has 0 radical (unpaired) electrons. The Hall–Kier alpha value is -3.32. The second kappa shape index (κ2) is 6.22. The zero-order chi connectivity index (χ0) is 15.2. The van der Waals surface area contributed by atoms with E-state index in [0.29, 0.717) is 35.0 Å². The van der Waals surface area contributed by atoms with Crippen LogP contribution in [0, 0.1) is 22.7 Å². The average molecular weight is 279 g/mol. The lowest BCUT2D eigenvalue weighted by atomic mass is 10.1. The Kier molecular flexibility index (Phi) is 4.17. The maximum atomic E-state index is 9.01. The normalized spacial score (nSPS) is 9.48. The predicted octanol–water partition coefficient (Wildman–Crippen LogP) is 1.98. The van der Waals surface area contributed by atoms with E-state index in [4.69, 9.17) is 16.3 Å². The van der Waals surface area contributed by atoms with Crippen LogP contribution in [0.1, 0.15) is 18.1 Å². The van der Waals surface area contributed by atoms with Crippen LogP contribution < -0.4 is 16.4 Å². The molecule has 0 bridgehead atoms. The molecule has 0 fully saturated rings. The fourth-order valence-electron chi connectivity index (χ4n) is 1.76. The molecule has 104 valence electrons. The van der Waals surface area contributed by atoms with E-state index in [-0.39, 0.29) is 5.95 Å². The van der Waals surface area contributed by atoms with E-state index in [2.05, 4.69) is 20.6 Å². The summed E-state index contributed by atoms with van der Waals surface area (Å²) >= 11 is 0. The second-order valence-corrected chi connectivity index (χ2v) is 4.14. The Balaban J connectivity index is 2.30. The maximum Gasteiger partial charge on any atom is 0.223 e. The van der Waals surface area contributed by atoms with Gasteiger partial charge in [0.05, 0.1) is 11.1 Å². The van der Waals surface area contributed by atoms with Gasteiger partial charge in [0, 0.05) is 18.3 Å². The van der Waals surface area contributed by atoms with Crippen LogP contribution in [0.4, 0.5) is 23.3 Å². The van der Waals surface area contributed by atoms with Crippen molar-refractivity contribution >= 4 is 23.3 Å². The van der Waals surface area contributed by atoms with Crippen molar-refractivity contribution < 1.29 is 0 Å². The molecule has 4 N–H and O–H groups in total. The zero-order valence-electron chi connectivity index (χ0n) is 11.4. The first-order chi connectivity index (χ1) is 10.2. The molecule has 0 aliphatic heterocycles. The van der Waals surface area contributed by atoms with E-state index in [1.54, 1.807) is 24.3 Å². The van der Waals surface area contributed by atoms with E-state index in [1.807, 2.05) is 19.1 Å². The molecule has 7 nitrogen and oxygen atoms in total. The molecule has 1 aromatic heterocycles. The first kappa shape index (κ1) is 14.1. The van der Waals surface area contributed by atoms with Gasteiger partial charge in [-0.15, -0.1) is 0 Å². The molecule has 0 saturated heterocycles. The minimum Gasteiger partial charge on any atom is -0.370 e. The third-order valence-electron chi connectivity index (χ3n) is 2.63. The number of nitriles is 2. The third kappa shape index (κ3) is 3.37. The smallest absolute Gasteiger partial charge is 0.223 e. The number of nitrogens with two attached hydrogens (primary N) is 1. The standard InChI is InChI=1S/C14H13N7/c1-2-18-12-6-13(21-14(17)20-12)19-11-4-3-9(7-15)10(5-11)8-16/h3-6H,2H2,1H3,(H4,17,18,19,20,21). The van der Waals surface area contributed by atoms with E-state index >= 15 is 0 Å². The number of nitrogens with zero attached hydrogens (tertiary/aromatic N) is 4. The summed E-state index contributed by atoms with van der Waals surface area (Å²) in [5.74, 6) is 1.26. The largest absolute Gasteiger partial charge is 0.370 e. The van der Waals surface area contributed by atoms with Gasteiger partial charge in [-0.1, -0.05) is 0 Å². The summed E-state index contributed by atoms with van der Waals surface area (Å²) in [5.41, 5.74) is 6.93. The van der Waals surface area contributed by atoms with E-state index in [1.165, 1.54) is 0 Å². The molecule has 0 aliphatic carbocycles. The van der Waals surface area contributed by atoms with Gasteiger partial charge in [0.1, 0.15) is 23.8 Å². The molecular weight excluding hydrogens is 266 g/mol. The summed E-state index contributed by atoms with van der Waals surface area (Å²) in [5, 5.41) is 24.0. The van der Waals surface area contributed by atoms with Crippen molar-refractivity contribution in [2.24, 2.45) is 0 Å². The number of rotatable bonds is 4. The average Bonchev–Trinajstić information content (AvgIpc) is 2.46. The maximum absolute atomic E-state index is 9.01. The van der Waals surface area contributed by atoms with Crippen molar-refractivity contribution in [3.8, 4) is 12.1 Å². The van der Waals surface area contributed by atoms with Crippen LogP contribution in [0.15, 0.2) is 24.3 Å². The lowest BCUT2D eigenvalue weighted by Gasteiger charge is -2.09. The van der Waals surface area contributed by atoms with Crippen molar-refractivity contribution in [3.63, 3.8) is 0 Å². The number of aromatic nitrogens is 2. The fraction of sp³-hybridized carbons (Fsp3) is 0.143. The molecule has 1 heterocycles. The van der Waals surface area contributed by atoms with Crippen molar-refractivity contribution in [2.75, 3.05) is 22.9 Å². The Morgan fingerprint density at radius 1 is 1.10 bits per heavy atom. The molecule has 0 amide bonds. The Morgan fingerprint density at radius 3 is 2.48 bits per heavy atom. The van der Waals surface area contributed by atoms with Gasteiger partial charge in [-0.2, -0.15) is 20.5 Å². The first-order valence-corrected chi connectivity index (χ1v) is 6.26. The van der Waals surface area contributed by atoms with Gasteiger partial charge in [0.25, 0.3) is 0 Å². The van der Waals surface area contributed by atoms with Crippen molar-refractivity contribution in [1.82, 2.24) is 9.97 Å². The van der Waals surface area contributed by atoms with Gasteiger partial charge in [0.2, 0.25) is 5.95 Å². The fourth-order valence-corrected chi connectivity index (χ4v) is 1.76. The van der Waals surface area contributed by atoms with Crippen LogP contribution in [-0.4, -0.2) is 16.5 Å². The Bertz CT molecular complexity index is 740. The summed E-state index contributed by atoms with van der Waals surface area (Å²) in [6, 6.07) is 10.5. The number of anilines is 4. The van der Waals surface area contributed by atoms with Gasteiger partial charge < -0.3 is 16.4 Å². The highest BCUT2D eigenvalue weighted by molar-refractivity contribution is 5.64. The quantitative estimate of drug-likeness (QED) is 0.781. The number of hydrogen-bond donors (Lipinski definition) is 3. The molecule has 21 heavy (non-hydrogen) atoms. The molecule has 0 saturated carbocycles. The van der Waals surface area contributed by atoms with E-state index < -0.39 is 0 Å². The summed E-state index contributed by atoms with van der Waals surface area (Å²) < 4.78 is 0. The highest BCUT2D eigenvalue weighted by Gasteiger charge is 2.05. The Morgan fingerprint density at radius 2 is 1.81 bits per heavy atom. The van der Waals surface area contributed by atoms with Crippen molar-refractivity contribution in [2.45, 2.75) is 6.92 Å². The molecule has 0 spiro atoms. The second-order valence-electron chi connectivity index (χ2n) is 4.14. The number of nitrogens with one attached hydrogen (secondary N) is 2. The van der Waals surface area contributed by atoms with Crippen molar-refractivity contribution in [3.05, 3.63) is 35.4 Å². The van der Waals surface area contributed by atoms with Crippen molar-refractivity contribution in [1.29, 1.82) is 10.5 Å². The third-order valence-corrected chi connectivity index (χ3v) is 2.63. The SMILES string of the molecule is CCNc1cc(Nc2ccc(C#N)c(C#N)c2)nc(N)n1. The Labute approximate surface area is 122 Å².